The molecule has 1 aromatic rings. The number of carbonyl (C=O) groups excluding carboxylic acids is 3. The minimum Gasteiger partial charge on any atom is -0.379 e. The minimum absolute atomic E-state index is 0.0161. The van der Waals surface area contributed by atoms with Crippen molar-refractivity contribution >= 4 is 29.7 Å². The van der Waals surface area contributed by atoms with Crippen LogP contribution in [-0.4, -0.2) is 78.7 Å². The van der Waals surface area contributed by atoms with Gasteiger partial charge in [0.15, 0.2) is 0 Å². The number of carbonyl (C=O) groups is 3. The molecule has 34 heavy (non-hydrogen) atoms. The van der Waals surface area contributed by atoms with Crippen LogP contribution in [0.2, 0.25) is 5.02 Å². The highest BCUT2D eigenvalue weighted by atomic mass is 35.5. The molecule has 1 saturated heterocycles. The molecule has 2 amide bonds. The molecule has 0 saturated carbocycles. The Morgan fingerprint density at radius 1 is 1.24 bits per heavy atom. The zero-order valence-electron chi connectivity index (χ0n) is 20.6. The summed E-state index contributed by atoms with van der Waals surface area (Å²) in [5.74, 6) is -1.56. The zero-order chi connectivity index (χ0) is 25.3. The fraction of sp³-hybridized carbons (Fsp3) is 0.640. The highest BCUT2D eigenvalue weighted by molar-refractivity contribution is 6.30. The Balaban J connectivity index is 2.10. The third kappa shape index (κ3) is 8.65. The van der Waals surface area contributed by atoms with Crippen LogP contribution < -0.4 is 5.32 Å². The Kier molecular flexibility index (Phi) is 11.0. The number of benzene rings is 1. The highest BCUT2D eigenvalue weighted by Gasteiger charge is 2.37. The molecule has 190 valence electrons. The van der Waals surface area contributed by atoms with E-state index in [1.54, 1.807) is 19.1 Å². The van der Waals surface area contributed by atoms with E-state index in [1.807, 2.05) is 32.9 Å². The molecule has 3 atom stereocenters. The summed E-state index contributed by atoms with van der Waals surface area (Å²) in [5, 5.41) is 14.1. The van der Waals surface area contributed by atoms with Crippen LogP contribution in [0.15, 0.2) is 24.3 Å². The van der Waals surface area contributed by atoms with Crippen molar-refractivity contribution in [2.45, 2.75) is 46.6 Å². The minimum atomic E-state index is -0.745. The molecular weight excluding hydrogens is 458 g/mol. The lowest BCUT2D eigenvalue weighted by Gasteiger charge is -2.33. The van der Waals surface area contributed by atoms with Crippen LogP contribution in [-0.2, 0) is 25.5 Å². The van der Waals surface area contributed by atoms with Gasteiger partial charge in [-0.25, -0.2) is 5.06 Å². The summed E-state index contributed by atoms with van der Waals surface area (Å²) in [6.45, 7) is 11.8. The molecule has 1 aliphatic rings. The molecule has 1 aromatic carbocycles. The Labute approximate surface area is 207 Å². The molecule has 0 radical (unpaired) electrons. The zero-order valence-corrected chi connectivity index (χ0v) is 21.4. The van der Waals surface area contributed by atoms with Gasteiger partial charge in [-0.2, -0.15) is 0 Å². The maximum Gasteiger partial charge on any atom is 0.233 e. The molecule has 1 fully saturated rings. The molecule has 9 heteroatoms. The van der Waals surface area contributed by atoms with Crippen molar-refractivity contribution in [1.29, 1.82) is 0 Å². The molecular formula is C25H38ClN3O5. The van der Waals surface area contributed by atoms with Gasteiger partial charge < -0.3 is 10.1 Å². The standard InChI is InChI=1S/C25H38ClN3O5/c1-18(29(33)17-30)21(15-19-5-7-20(26)8-6-19)23(31)16-22(25(2,3)4)24(32)27-9-10-28-11-13-34-14-12-28/h5-8,17-18,21-22,33H,9-16H2,1-4H3,(H,27,32)/t18-,21+,22+/m0/s1. The maximum atomic E-state index is 13.5. The monoisotopic (exact) mass is 495 g/mol. The van der Waals surface area contributed by atoms with Crippen molar-refractivity contribution in [3.05, 3.63) is 34.9 Å². The Hall–Kier alpha value is -2.00. The van der Waals surface area contributed by atoms with Crippen LogP contribution in [0.1, 0.15) is 39.7 Å². The number of nitrogens with one attached hydrogen (secondary N) is 1. The number of ether oxygens (including phenoxy) is 1. The maximum absolute atomic E-state index is 13.5. The van der Waals surface area contributed by atoms with Crippen LogP contribution in [0.3, 0.4) is 0 Å². The first kappa shape index (κ1) is 28.2. The largest absolute Gasteiger partial charge is 0.379 e. The second-order valence-corrected chi connectivity index (χ2v) is 10.4. The van der Waals surface area contributed by atoms with E-state index >= 15 is 0 Å². The number of Topliss-reactive ketones (excluding diaryl/α,β-unsaturated/α-hetero) is 1. The average molecular weight is 496 g/mol. The van der Waals surface area contributed by atoms with E-state index in [9.17, 15) is 19.6 Å². The van der Waals surface area contributed by atoms with Gasteiger partial charge in [0.2, 0.25) is 12.3 Å². The quantitative estimate of drug-likeness (QED) is 0.263. The smallest absolute Gasteiger partial charge is 0.233 e. The van der Waals surface area contributed by atoms with Crippen molar-refractivity contribution in [2.75, 3.05) is 39.4 Å². The van der Waals surface area contributed by atoms with Crippen LogP contribution in [0, 0.1) is 17.3 Å². The molecule has 0 aliphatic carbocycles. The molecule has 1 aliphatic heterocycles. The van der Waals surface area contributed by atoms with Crippen LogP contribution in [0.5, 0.6) is 0 Å². The van der Waals surface area contributed by atoms with E-state index in [4.69, 9.17) is 16.3 Å². The topological polar surface area (TPSA) is 99.2 Å². The predicted octanol–water partition coefficient (Wildman–Crippen LogP) is 2.80. The molecule has 0 spiro atoms. The number of morpholine rings is 1. The number of hydrogen-bond acceptors (Lipinski definition) is 6. The lowest BCUT2D eigenvalue weighted by atomic mass is 9.74. The lowest BCUT2D eigenvalue weighted by Crippen LogP contribution is -2.46. The van der Waals surface area contributed by atoms with Crippen LogP contribution >= 0.6 is 11.6 Å². The van der Waals surface area contributed by atoms with Crippen molar-refractivity contribution in [3.8, 4) is 0 Å². The normalized spacial score (nSPS) is 17.5. The fourth-order valence-corrected chi connectivity index (χ4v) is 4.26. The van der Waals surface area contributed by atoms with Gasteiger partial charge in [-0.1, -0.05) is 44.5 Å². The summed E-state index contributed by atoms with van der Waals surface area (Å²) in [7, 11) is 0. The predicted molar refractivity (Wildman–Crippen MR) is 131 cm³/mol. The van der Waals surface area contributed by atoms with Gasteiger partial charge in [0, 0.05) is 49.5 Å². The second-order valence-electron chi connectivity index (χ2n) is 10.00. The lowest BCUT2D eigenvalue weighted by molar-refractivity contribution is -0.165. The van der Waals surface area contributed by atoms with Crippen molar-refractivity contribution in [1.82, 2.24) is 15.3 Å². The first-order chi connectivity index (χ1) is 16.0. The number of hydroxylamine groups is 2. The van der Waals surface area contributed by atoms with Gasteiger partial charge in [-0.3, -0.25) is 24.5 Å². The first-order valence-corrected chi connectivity index (χ1v) is 12.2. The summed E-state index contributed by atoms with van der Waals surface area (Å²) < 4.78 is 5.35. The third-order valence-electron chi connectivity index (χ3n) is 6.49. The van der Waals surface area contributed by atoms with Crippen molar-refractivity contribution < 1.29 is 24.3 Å². The van der Waals surface area contributed by atoms with E-state index in [0.29, 0.717) is 42.7 Å². The SMILES string of the molecule is C[C@@H]([C@@H](Cc1ccc(Cl)cc1)C(=O)C[C@H](C(=O)NCCN1CCOCC1)C(C)(C)C)N(O)C=O. The van der Waals surface area contributed by atoms with Gasteiger partial charge in [-0.15, -0.1) is 0 Å². The van der Waals surface area contributed by atoms with Gasteiger partial charge >= 0.3 is 0 Å². The third-order valence-corrected chi connectivity index (χ3v) is 6.74. The van der Waals surface area contributed by atoms with Crippen LogP contribution in [0.4, 0.5) is 0 Å². The Morgan fingerprint density at radius 2 is 1.85 bits per heavy atom. The fourth-order valence-electron chi connectivity index (χ4n) is 4.14. The van der Waals surface area contributed by atoms with Gasteiger partial charge in [0.1, 0.15) is 5.78 Å². The summed E-state index contributed by atoms with van der Waals surface area (Å²) in [6.07, 6.45) is 0.631. The summed E-state index contributed by atoms with van der Waals surface area (Å²) >= 11 is 5.98. The summed E-state index contributed by atoms with van der Waals surface area (Å²) in [4.78, 5) is 40.0. The van der Waals surface area contributed by atoms with Gasteiger partial charge in [0.05, 0.1) is 19.3 Å². The van der Waals surface area contributed by atoms with Gasteiger partial charge in [0.25, 0.3) is 0 Å². The van der Waals surface area contributed by atoms with E-state index in [-0.39, 0.29) is 18.1 Å². The van der Waals surface area contributed by atoms with E-state index in [1.165, 1.54) is 0 Å². The molecule has 2 N–H and O–H groups in total. The summed E-state index contributed by atoms with van der Waals surface area (Å²) in [6, 6.07) is 6.36. The number of hydrogen-bond donors (Lipinski definition) is 2. The second kappa shape index (κ2) is 13.2. The number of halogens is 1. The molecule has 0 bridgehead atoms. The number of nitrogens with zero attached hydrogens (tertiary/aromatic N) is 2. The number of amides is 2. The average Bonchev–Trinajstić information content (AvgIpc) is 2.80. The number of ketones is 1. The van der Waals surface area contributed by atoms with E-state index in [2.05, 4.69) is 10.2 Å². The summed E-state index contributed by atoms with van der Waals surface area (Å²) in [5.41, 5.74) is 0.409. The Bertz CT molecular complexity index is 806. The molecule has 2 rings (SSSR count). The van der Waals surface area contributed by atoms with Gasteiger partial charge in [-0.05, 0) is 36.5 Å². The van der Waals surface area contributed by atoms with Crippen molar-refractivity contribution in [2.24, 2.45) is 17.3 Å². The van der Waals surface area contributed by atoms with Crippen LogP contribution in [0.25, 0.3) is 0 Å². The van der Waals surface area contributed by atoms with E-state index < -0.39 is 23.3 Å². The van der Waals surface area contributed by atoms with Crippen molar-refractivity contribution in [3.63, 3.8) is 0 Å². The molecule has 1 heterocycles. The number of rotatable bonds is 12. The van der Waals surface area contributed by atoms with E-state index in [0.717, 1.165) is 25.2 Å². The molecule has 0 aromatic heterocycles. The highest BCUT2D eigenvalue weighted by Crippen LogP contribution is 2.31. The Morgan fingerprint density at radius 3 is 2.41 bits per heavy atom. The molecule has 0 unspecified atom stereocenters. The molecule has 8 nitrogen and oxygen atoms in total. The first-order valence-electron chi connectivity index (χ1n) is 11.8.